The van der Waals surface area contributed by atoms with Gasteiger partial charge in [-0.15, -0.1) is 0 Å². The molecule has 1 amide bonds. The van der Waals surface area contributed by atoms with E-state index in [1.165, 1.54) is 18.1 Å². The lowest BCUT2D eigenvalue weighted by atomic mass is 9.94. The molecule has 32 heavy (non-hydrogen) atoms. The summed E-state index contributed by atoms with van der Waals surface area (Å²) in [6, 6.07) is 11.1. The standard InChI is InChI=1S/C24H27ClN2O5/c1-5-32-19-11-10-15(14-17(19)25)22(28)20-21(16-8-6-7-9-18(16)31-4)27(13-12-26(2)3)24(30)23(20)29/h6-11,14,21,28H,5,12-13H2,1-4H3/t21-/m1/s1. The minimum atomic E-state index is -0.795. The van der Waals surface area contributed by atoms with Crippen molar-refractivity contribution in [2.75, 3.05) is 40.9 Å². The van der Waals surface area contributed by atoms with E-state index in [0.717, 1.165) is 0 Å². The van der Waals surface area contributed by atoms with Crippen LogP contribution in [-0.4, -0.2) is 67.5 Å². The highest BCUT2D eigenvalue weighted by Gasteiger charge is 2.46. The highest BCUT2D eigenvalue weighted by atomic mass is 35.5. The maximum absolute atomic E-state index is 13.1. The number of rotatable bonds is 8. The van der Waals surface area contributed by atoms with Crippen molar-refractivity contribution in [3.05, 3.63) is 64.2 Å². The molecule has 2 aromatic rings. The molecule has 0 unspecified atom stereocenters. The zero-order valence-electron chi connectivity index (χ0n) is 18.6. The molecule has 0 radical (unpaired) electrons. The van der Waals surface area contributed by atoms with Gasteiger partial charge in [-0.3, -0.25) is 9.59 Å². The number of hydrogen-bond donors (Lipinski definition) is 1. The zero-order chi connectivity index (χ0) is 23.4. The fourth-order valence-corrected chi connectivity index (χ4v) is 3.95. The fraction of sp³-hybridized carbons (Fsp3) is 0.333. The molecule has 1 heterocycles. The molecular weight excluding hydrogens is 432 g/mol. The van der Waals surface area contributed by atoms with Crippen LogP contribution in [0.5, 0.6) is 11.5 Å². The van der Waals surface area contributed by atoms with Crippen LogP contribution in [0.1, 0.15) is 24.1 Å². The molecule has 1 fully saturated rings. The lowest BCUT2D eigenvalue weighted by Crippen LogP contribution is -2.35. The van der Waals surface area contributed by atoms with Gasteiger partial charge in [0.05, 0.1) is 30.4 Å². The Balaban J connectivity index is 2.17. The van der Waals surface area contributed by atoms with Crippen molar-refractivity contribution in [1.82, 2.24) is 9.80 Å². The molecule has 1 aliphatic rings. The van der Waals surface area contributed by atoms with Gasteiger partial charge in [0, 0.05) is 24.2 Å². The molecule has 0 saturated carbocycles. The van der Waals surface area contributed by atoms with E-state index in [1.807, 2.05) is 25.9 Å². The maximum atomic E-state index is 13.1. The summed E-state index contributed by atoms with van der Waals surface area (Å²) in [6.45, 7) is 3.14. The Morgan fingerprint density at radius 2 is 1.88 bits per heavy atom. The highest BCUT2D eigenvalue weighted by Crippen LogP contribution is 2.43. The number of methoxy groups -OCH3 is 1. The van der Waals surface area contributed by atoms with Gasteiger partial charge in [-0.1, -0.05) is 29.8 Å². The van der Waals surface area contributed by atoms with E-state index in [9.17, 15) is 14.7 Å². The number of para-hydroxylation sites is 1. The van der Waals surface area contributed by atoms with E-state index in [0.29, 0.717) is 47.3 Å². The van der Waals surface area contributed by atoms with Gasteiger partial charge in [-0.2, -0.15) is 0 Å². The number of aliphatic hydroxyl groups excluding tert-OH is 1. The second-order valence-corrected chi connectivity index (χ2v) is 8.02. The van der Waals surface area contributed by atoms with E-state index in [4.69, 9.17) is 21.1 Å². The van der Waals surface area contributed by atoms with Crippen LogP contribution in [0.25, 0.3) is 5.76 Å². The molecule has 0 aliphatic carbocycles. The third kappa shape index (κ3) is 4.59. The molecule has 1 aliphatic heterocycles. The Hall–Kier alpha value is -3.03. The van der Waals surface area contributed by atoms with Crippen LogP contribution in [0.2, 0.25) is 5.02 Å². The molecular formula is C24H27ClN2O5. The van der Waals surface area contributed by atoms with Crippen LogP contribution in [0.15, 0.2) is 48.0 Å². The summed E-state index contributed by atoms with van der Waals surface area (Å²) in [5.41, 5.74) is 0.939. The number of ketones is 1. The average molecular weight is 459 g/mol. The van der Waals surface area contributed by atoms with Crippen molar-refractivity contribution in [2.24, 2.45) is 0 Å². The summed E-state index contributed by atoms with van der Waals surface area (Å²) in [4.78, 5) is 29.5. The SMILES string of the molecule is CCOc1ccc(C(O)=C2C(=O)C(=O)N(CCN(C)C)[C@@H]2c2ccccc2OC)cc1Cl. The lowest BCUT2D eigenvalue weighted by molar-refractivity contribution is -0.140. The number of likely N-dealkylation sites (N-methyl/N-ethyl adjacent to an activating group) is 1. The number of Topliss-reactive ketones (excluding diaryl/α,β-unsaturated/α-hetero) is 1. The number of amides is 1. The van der Waals surface area contributed by atoms with Crippen LogP contribution in [0, 0.1) is 0 Å². The van der Waals surface area contributed by atoms with Gasteiger partial charge in [0.15, 0.2) is 0 Å². The predicted octanol–water partition coefficient (Wildman–Crippen LogP) is 3.73. The Bertz CT molecular complexity index is 1050. The molecule has 7 nitrogen and oxygen atoms in total. The number of halogens is 1. The monoisotopic (exact) mass is 458 g/mol. The van der Waals surface area contributed by atoms with Crippen molar-refractivity contribution < 1.29 is 24.2 Å². The first kappa shape index (κ1) is 23.6. The van der Waals surface area contributed by atoms with Gasteiger partial charge in [-0.05, 0) is 45.3 Å². The van der Waals surface area contributed by atoms with Crippen LogP contribution < -0.4 is 9.47 Å². The summed E-state index contributed by atoms with van der Waals surface area (Å²) < 4.78 is 10.9. The Labute approximate surface area is 192 Å². The number of aliphatic hydroxyl groups is 1. The molecule has 3 rings (SSSR count). The maximum Gasteiger partial charge on any atom is 0.295 e. The van der Waals surface area contributed by atoms with Crippen molar-refractivity contribution in [2.45, 2.75) is 13.0 Å². The minimum absolute atomic E-state index is 0.00140. The molecule has 170 valence electrons. The highest BCUT2D eigenvalue weighted by molar-refractivity contribution is 6.46. The smallest absolute Gasteiger partial charge is 0.295 e. The summed E-state index contributed by atoms with van der Waals surface area (Å²) in [6.07, 6.45) is 0. The molecule has 1 saturated heterocycles. The summed E-state index contributed by atoms with van der Waals surface area (Å²) in [7, 11) is 5.30. The normalized spacial score (nSPS) is 17.8. The second kappa shape index (κ2) is 10.1. The van der Waals surface area contributed by atoms with Crippen molar-refractivity contribution in [3.63, 3.8) is 0 Å². The Morgan fingerprint density at radius 1 is 1.16 bits per heavy atom. The van der Waals surface area contributed by atoms with Gasteiger partial charge in [0.2, 0.25) is 0 Å². The van der Waals surface area contributed by atoms with Crippen molar-refractivity contribution in [3.8, 4) is 11.5 Å². The number of nitrogens with zero attached hydrogens (tertiary/aromatic N) is 2. The minimum Gasteiger partial charge on any atom is -0.507 e. The topological polar surface area (TPSA) is 79.3 Å². The Kier molecular flexibility index (Phi) is 7.43. The van der Waals surface area contributed by atoms with Crippen LogP contribution >= 0.6 is 11.6 Å². The molecule has 0 spiro atoms. The van der Waals surface area contributed by atoms with Crippen LogP contribution in [-0.2, 0) is 9.59 Å². The second-order valence-electron chi connectivity index (χ2n) is 7.62. The van der Waals surface area contributed by atoms with Gasteiger partial charge in [0.25, 0.3) is 11.7 Å². The first-order valence-electron chi connectivity index (χ1n) is 10.3. The molecule has 0 aromatic heterocycles. The van der Waals surface area contributed by atoms with E-state index in [-0.39, 0.29) is 11.3 Å². The van der Waals surface area contributed by atoms with Gasteiger partial charge >= 0.3 is 0 Å². The zero-order valence-corrected chi connectivity index (χ0v) is 19.3. The molecule has 1 atom stereocenters. The van der Waals surface area contributed by atoms with Crippen LogP contribution in [0.3, 0.4) is 0 Å². The third-order valence-corrected chi connectivity index (χ3v) is 5.56. The predicted molar refractivity (Wildman–Crippen MR) is 123 cm³/mol. The third-order valence-electron chi connectivity index (χ3n) is 5.27. The quantitative estimate of drug-likeness (QED) is 0.369. The first-order valence-corrected chi connectivity index (χ1v) is 10.7. The molecule has 2 aromatic carbocycles. The van der Waals surface area contributed by atoms with Gasteiger partial charge < -0.3 is 24.4 Å². The number of carbonyl (C=O) groups is 2. The number of likely N-dealkylation sites (tertiary alicyclic amines) is 1. The van der Waals surface area contributed by atoms with Gasteiger partial charge in [0.1, 0.15) is 17.3 Å². The van der Waals surface area contributed by atoms with Crippen molar-refractivity contribution >= 4 is 29.1 Å². The van der Waals surface area contributed by atoms with E-state index in [2.05, 4.69) is 0 Å². The van der Waals surface area contributed by atoms with E-state index in [1.54, 1.807) is 36.4 Å². The van der Waals surface area contributed by atoms with Crippen molar-refractivity contribution in [1.29, 1.82) is 0 Å². The average Bonchev–Trinajstić information content (AvgIpc) is 3.03. The van der Waals surface area contributed by atoms with Crippen LogP contribution in [0.4, 0.5) is 0 Å². The summed E-state index contributed by atoms with van der Waals surface area (Å²) >= 11 is 6.29. The number of benzene rings is 2. The first-order chi connectivity index (χ1) is 15.3. The molecule has 1 N–H and O–H groups in total. The largest absolute Gasteiger partial charge is 0.507 e. The summed E-state index contributed by atoms with van der Waals surface area (Å²) in [5.74, 6) is -0.719. The lowest BCUT2D eigenvalue weighted by Gasteiger charge is -2.27. The van der Waals surface area contributed by atoms with E-state index < -0.39 is 17.7 Å². The molecule has 8 heteroatoms. The Morgan fingerprint density at radius 3 is 2.50 bits per heavy atom. The number of hydrogen-bond acceptors (Lipinski definition) is 6. The number of ether oxygens (including phenoxy) is 2. The summed E-state index contributed by atoms with van der Waals surface area (Å²) in [5, 5.41) is 11.5. The number of carbonyl (C=O) groups excluding carboxylic acids is 2. The van der Waals surface area contributed by atoms with Gasteiger partial charge in [-0.25, -0.2) is 0 Å². The molecule has 0 bridgehead atoms. The van der Waals surface area contributed by atoms with E-state index >= 15 is 0 Å². The fourth-order valence-electron chi connectivity index (χ4n) is 3.71.